The third-order valence-electron chi connectivity index (χ3n) is 5.41. The van der Waals surface area contributed by atoms with Crippen LogP contribution in [0.25, 0.3) is 0 Å². The number of carbonyl (C=O) groups is 2. The maximum absolute atomic E-state index is 12.7. The number of methoxy groups -OCH3 is 1. The topological polar surface area (TPSA) is 70.7 Å². The summed E-state index contributed by atoms with van der Waals surface area (Å²) < 4.78 is 5.13. The molecule has 1 saturated heterocycles. The van der Waals surface area contributed by atoms with Crippen LogP contribution in [0.5, 0.6) is 0 Å². The molecule has 2 N–H and O–H groups in total. The minimum Gasteiger partial charge on any atom is -0.467 e. The molecular weight excluding hydrogens is 366 g/mol. The summed E-state index contributed by atoms with van der Waals surface area (Å²) in [5.74, 6) is -0.373. The SMILES string of the molecule is COC(=O)C1(Nc2cccc(NC(C)=O)c2)CCN(CCc2ccccc2)CC1. The van der Waals surface area contributed by atoms with E-state index in [-0.39, 0.29) is 11.9 Å². The summed E-state index contributed by atoms with van der Waals surface area (Å²) in [6, 6.07) is 17.9. The number of nitrogens with one attached hydrogen (secondary N) is 2. The Labute approximate surface area is 172 Å². The van der Waals surface area contributed by atoms with Crippen LogP contribution >= 0.6 is 0 Å². The summed E-state index contributed by atoms with van der Waals surface area (Å²) in [6.45, 7) is 4.08. The molecule has 0 saturated carbocycles. The molecule has 2 aromatic carbocycles. The van der Waals surface area contributed by atoms with Gasteiger partial charge in [0.2, 0.25) is 5.91 Å². The number of carbonyl (C=O) groups excluding carboxylic acids is 2. The highest BCUT2D eigenvalue weighted by molar-refractivity contribution is 5.90. The van der Waals surface area contributed by atoms with E-state index in [1.54, 1.807) is 0 Å². The third-order valence-corrected chi connectivity index (χ3v) is 5.41. The van der Waals surface area contributed by atoms with Gasteiger partial charge in [-0.1, -0.05) is 36.4 Å². The second kappa shape index (κ2) is 9.56. The van der Waals surface area contributed by atoms with Gasteiger partial charge in [0.05, 0.1) is 7.11 Å². The van der Waals surface area contributed by atoms with E-state index in [1.165, 1.54) is 19.6 Å². The fourth-order valence-corrected chi connectivity index (χ4v) is 3.82. The van der Waals surface area contributed by atoms with Crippen molar-refractivity contribution < 1.29 is 14.3 Å². The monoisotopic (exact) mass is 395 g/mol. The molecule has 0 unspecified atom stereocenters. The van der Waals surface area contributed by atoms with Gasteiger partial charge in [0.1, 0.15) is 5.54 Å². The molecule has 3 rings (SSSR count). The number of anilines is 2. The zero-order valence-corrected chi connectivity index (χ0v) is 17.1. The van der Waals surface area contributed by atoms with Crippen LogP contribution in [0.3, 0.4) is 0 Å². The number of esters is 1. The Balaban J connectivity index is 1.64. The highest BCUT2D eigenvalue weighted by Gasteiger charge is 2.42. The second-order valence-electron chi connectivity index (χ2n) is 7.54. The summed E-state index contributed by atoms with van der Waals surface area (Å²) in [7, 11) is 1.43. The third kappa shape index (κ3) is 5.57. The van der Waals surface area contributed by atoms with Gasteiger partial charge < -0.3 is 20.3 Å². The van der Waals surface area contributed by atoms with Crippen molar-refractivity contribution in [3.05, 3.63) is 60.2 Å². The number of hydrogen-bond acceptors (Lipinski definition) is 5. The van der Waals surface area contributed by atoms with Crippen LogP contribution in [-0.4, -0.2) is 49.1 Å². The van der Waals surface area contributed by atoms with Gasteiger partial charge in [-0.3, -0.25) is 4.79 Å². The molecule has 6 nitrogen and oxygen atoms in total. The first-order valence-electron chi connectivity index (χ1n) is 10.0. The smallest absolute Gasteiger partial charge is 0.331 e. The normalized spacial score (nSPS) is 16.1. The van der Waals surface area contributed by atoms with Gasteiger partial charge in [-0.05, 0) is 43.0 Å². The number of nitrogens with zero attached hydrogens (tertiary/aromatic N) is 1. The lowest BCUT2D eigenvalue weighted by Crippen LogP contribution is -2.55. The van der Waals surface area contributed by atoms with E-state index in [0.717, 1.165) is 31.7 Å². The molecule has 6 heteroatoms. The largest absolute Gasteiger partial charge is 0.467 e. The van der Waals surface area contributed by atoms with Crippen LogP contribution in [0.2, 0.25) is 0 Å². The maximum atomic E-state index is 12.7. The van der Waals surface area contributed by atoms with Crippen LogP contribution in [0, 0.1) is 0 Å². The molecule has 1 heterocycles. The number of amides is 1. The van der Waals surface area contributed by atoms with Crippen LogP contribution < -0.4 is 10.6 Å². The average molecular weight is 396 g/mol. The number of rotatable bonds is 7. The summed E-state index contributed by atoms with van der Waals surface area (Å²) in [5, 5.41) is 6.17. The molecule has 1 aliphatic heterocycles. The van der Waals surface area contributed by atoms with Gasteiger partial charge in [0, 0.05) is 37.9 Å². The van der Waals surface area contributed by atoms with E-state index >= 15 is 0 Å². The molecule has 29 heavy (non-hydrogen) atoms. The quantitative estimate of drug-likeness (QED) is 0.704. The number of hydrogen-bond donors (Lipinski definition) is 2. The van der Waals surface area contributed by atoms with Crippen LogP contribution in [0.4, 0.5) is 11.4 Å². The summed E-state index contributed by atoms with van der Waals surface area (Å²) >= 11 is 0. The van der Waals surface area contributed by atoms with Crippen molar-refractivity contribution in [2.24, 2.45) is 0 Å². The zero-order chi connectivity index (χ0) is 20.7. The summed E-state index contributed by atoms with van der Waals surface area (Å²) in [6.07, 6.45) is 2.33. The highest BCUT2D eigenvalue weighted by Crippen LogP contribution is 2.29. The molecule has 0 spiro atoms. The molecule has 2 aromatic rings. The molecule has 154 valence electrons. The Hall–Kier alpha value is -2.86. The van der Waals surface area contributed by atoms with Gasteiger partial charge in [-0.2, -0.15) is 0 Å². The van der Waals surface area contributed by atoms with E-state index in [1.807, 2.05) is 30.3 Å². The Morgan fingerprint density at radius 1 is 1.03 bits per heavy atom. The number of piperidine rings is 1. The summed E-state index contributed by atoms with van der Waals surface area (Å²) in [4.78, 5) is 26.4. The van der Waals surface area contributed by atoms with E-state index in [0.29, 0.717) is 18.5 Å². The maximum Gasteiger partial charge on any atom is 0.331 e. The Morgan fingerprint density at radius 3 is 2.38 bits per heavy atom. The molecule has 1 amide bonds. The van der Waals surface area contributed by atoms with Crippen molar-refractivity contribution in [1.82, 2.24) is 4.90 Å². The van der Waals surface area contributed by atoms with E-state index in [9.17, 15) is 9.59 Å². The number of benzene rings is 2. The molecule has 0 aliphatic carbocycles. The lowest BCUT2D eigenvalue weighted by Gasteiger charge is -2.40. The first-order valence-corrected chi connectivity index (χ1v) is 10.0. The van der Waals surface area contributed by atoms with Crippen molar-refractivity contribution in [3.8, 4) is 0 Å². The van der Waals surface area contributed by atoms with Crippen LogP contribution in [-0.2, 0) is 20.7 Å². The first kappa shape index (κ1) is 20.9. The second-order valence-corrected chi connectivity index (χ2v) is 7.54. The van der Waals surface area contributed by atoms with Crippen molar-refractivity contribution in [2.75, 3.05) is 37.4 Å². The Bertz CT molecular complexity index is 830. The van der Waals surface area contributed by atoms with Crippen molar-refractivity contribution in [3.63, 3.8) is 0 Å². The summed E-state index contributed by atoms with van der Waals surface area (Å²) in [5.41, 5.74) is 2.06. The fourth-order valence-electron chi connectivity index (χ4n) is 3.82. The highest BCUT2D eigenvalue weighted by atomic mass is 16.5. The van der Waals surface area contributed by atoms with E-state index in [4.69, 9.17) is 4.74 Å². The molecule has 0 radical (unpaired) electrons. The van der Waals surface area contributed by atoms with Gasteiger partial charge in [0.15, 0.2) is 0 Å². The minimum absolute atomic E-state index is 0.128. The zero-order valence-electron chi connectivity index (χ0n) is 17.1. The molecule has 0 aromatic heterocycles. The van der Waals surface area contributed by atoms with E-state index in [2.05, 4.69) is 39.8 Å². The van der Waals surface area contributed by atoms with Gasteiger partial charge >= 0.3 is 5.97 Å². The van der Waals surface area contributed by atoms with Gasteiger partial charge in [-0.15, -0.1) is 0 Å². The van der Waals surface area contributed by atoms with Crippen LogP contribution in [0.1, 0.15) is 25.3 Å². The van der Waals surface area contributed by atoms with Crippen LogP contribution in [0.15, 0.2) is 54.6 Å². The van der Waals surface area contributed by atoms with Gasteiger partial charge in [0.25, 0.3) is 0 Å². The predicted molar refractivity (Wildman–Crippen MR) is 115 cm³/mol. The predicted octanol–water partition coefficient (Wildman–Crippen LogP) is 3.31. The number of likely N-dealkylation sites (tertiary alicyclic amines) is 1. The number of ether oxygens (including phenoxy) is 1. The first-order chi connectivity index (χ1) is 14.0. The lowest BCUT2D eigenvalue weighted by molar-refractivity contribution is -0.147. The lowest BCUT2D eigenvalue weighted by atomic mass is 9.86. The average Bonchev–Trinajstić information content (AvgIpc) is 2.73. The molecular formula is C23H29N3O3. The molecule has 1 aliphatic rings. The van der Waals surface area contributed by atoms with E-state index < -0.39 is 5.54 Å². The minimum atomic E-state index is -0.757. The Kier molecular flexibility index (Phi) is 6.88. The van der Waals surface area contributed by atoms with Crippen molar-refractivity contribution in [1.29, 1.82) is 0 Å². The standard InChI is InChI=1S/C23H29N3O3/c1-18(27)24-20-9-6-10-21(17-20)25-23(22(28)29-2)12-15-26(16-13-23)14-11-19-7-4-3-5-8-19/h3-10,17,25H,11-16H2,1-2H3,(H,24,27). The van der Waals surface area contributed by atoms with Gasteiger partial charge in [-0.25, -0.2) is 4.79 Å². The molecule has 1 fully saturated rings. The fraction of sp³-hybridized carbons (Fsp3) is 0.391. The molecule has 0 bridgehead atoms. The van der Waals surface area contributed by atoms with Crippen molar-refractivity contribution >= 4 is 23.3 Å². The van der Waals surface area contributed by atoms with Crippen molar-refractivity contribution in [2.45, 2.75) is 31.7 Å². The molecule has 0 atom stereocenters. The Morgan fingerprint density at radius 2 is 1.72 bits per heavy atom.